The van der Waals surface area contributed by atoms with E-state index >= 15 is 0 Å². The van der Waals surface area contributed by atoms with Gasteiger partial charge in [0.15, 0.2) is 0 Å². The van der Waals surface area contributed by atoms with Crippen molar-refractivity contribution >= 4 is 17.7 Å². The predicted octanol–water partition coefficient (Wildman–Crippen LogP) is 9.90. The fourth-order valence-electron chi connectivity index (χ4n) is 6.69. The Morgan fingerprint density at radius 2 is 1.25 bits per heavy atom. The molecule has 1 atom stereocenters. The number of halogens is 1. The Morgan fingerprint density at radius 1 is 0.702 bits per heavy atom. The molecular formula is C47H42FN5O4. The molecule has 2 heterocycles. The van der Waals surface area contributed by atoms with Crippen LogP contribution >= 0.6 is 0 Å². The molecule has 0 saturated heterocycles. The Bertz CT molecular complexity index is 2320. The highest BCUT2D eigenvalue weighted by Gasteiger charge is 2.39. The maximum Gasteiger partial charge on any atom is 0.408 e. The van der Waals surface area contributed by atoms with Crippen LogP contribution < -0.4 is 15.4 Å². The first-order valence-electron chi connectivity index (χ1n) is 18.6. The molecule has 0 bridgehead atoms. The van der Waals surface area contributed by atoms with Crippen molar-refractivity contribution in [2.75, 3.05) is 11.9 Å². The van der Waals surface area contributed by atoms with E-state index in [9.17, 15) is 14.0 Å². The zero-order chi connectivity index (χ0) is 39.8. The number of imidazole rings is 1. The monoisotopic (exact) mass is 759 g/mol. The summed E-state index contributed by atoms with van der Waals surface area (Å²) < 4.78 is 26.7. The Morgan fingerprint density at radius 3 is 1.79 bits per heavy atom. The first-order valence-corrected chi connectivity index (χ1v) is 18.6. The second-order valence-corrected chi connectivity index (χ2v) is 14.4. The number of carbonyl (C=O) groups is 2. The van der Waals surface area contributed by atoms with Crippen LogP contribution in [0.15, 0.2) is 170 Å². The Labute approximate surface area is 331 Å². The average Bonchev–Trinajstić information content (AvgIpc) is 3.72. The zero-order valence-corrected chi connectivity index (χ0v) is 31.8. The van der Waals surface area contributed by atoms with Gasteiger partial charge in [-0.2, -0.15) is 0 Å². The van der Waals surface area contributed by atoms with Gasteiger partial charge in [0.05, 0.1) is 12.0 Å². The second-order valence-electron chi connectivity index (χ2n) is 14.4. The molecule has 286 valence electrons. The van der Waals surface area contributed by atoms with Crippen molar-refractivity contribution in [2.45, 2.75) is 38.0 Å². The highest BCUT2D eigenvalue weighted by Crippen LogP contribution is 2.41. The third-order valence-corrected chi connectivity index (χ3v) is 9.24. The summed E-state index contributed by atoms with van der Waals surface area (Å²) in [6.07, 6.45) is 2.67. The van der Waals surface area contributed by atoms with Gasteiger partial charge in [0, 0.05) is 18.3 Å². The molecule has 9 nitrogen and oxygen atoms in total. The molecule has 0 fully saturated rings. The summed E-state index contributed by atoms with van der Waals surface area (Å²) in [5.41, 5.74) is 2.93. The molecule has 10 heteroatoms. The van der Waals surface area contributed by atoms with Crippen LogP contribution in [0.2, 0.25) is 0 Å². The van der Waals surface area contributed by atoms with Gasteiger partial charge in [-0.3, -0.25) is 4.79 Å². The highest BCUT2D eigenvalue weighted by molar-refractivity contribution is 6.00. The van der Waals surface area contributed by atoms with Crippen molar-refractivity contribution in [3.63, 3.8) is 0 Å². The molecule has 7 aromatic rings. The van der Waals surface area contributed by atoms with Crippen LogP contribution in [0.4, 0.5) is 15.0 Å². The van der Waals surface area contributed by atoms with Crippen molar-refractivity contribution in [3.8, 4) is 22.8 Å². The number of Topliss-reactive ketones (excluding diaryl/α,β-unsaturated/α-hetero) is 1. The van der Waals surface area contributed by atoms with Gasteiger partial charge in [-0.05, 0) is 98.1 Å². The lowest BCUT2D eigenvalue weighted by atomic mass is 9.77. The molecule has 0 aliphatic rings. The fourth-order valence-corrected chi connectivity index (χ4v) is 6.69. The average molecular weight is 760 g/mol. The molecule has 5 aromatic carbocycles. The number of ketones is 1. The number of pyridine rings is 1. The normalized spacial score (nSPS) is 12.0. The first-order chi connectivity index (χ1) is 27.6. The lowest BCUT2D eigenvalue weighted by Gasteiger charge is -2.37. The summed E-state index contributed by atoms with van der Waals surface area (Å²) in [6.45, 7) is 5.27. The van der Waals surface area contributed by atoms with Crippen molar-refractivity contribution in [1.82, 2.24) is 19.9 Å². The van der Waals surface area contributed by atoms with Gasteiger partial charge >= 0.3 is 6.09 Å². The smallest absolute Gasteiger partial charge is 0.408 e. The number of carbonyl (C=O) groups excluding carboxylic acids is 2. The van der Waals surface area contributed by atoms with Gasteiger partial charge in [0.25, 0.3) is 0 Å². The molecule has 0 saturated carbocycles. The third kappa shape index (κ3) is 8.92. The topological polar surface area (TPSA) is 107 Å². The van der Waals surface area contributed by atoms with E-state index in [4.69, 9.17) is 14.5 Å². The van der Waals surface area contributed by atoms with E-state index in [0.717, 1.165) is 22.3 Å². The summed E-state index contributed by atoms with van der Waals surface area (Å²) in [5, 5.41) is 6.02. The first kappa shape index (κ1) is 38.2. The maximum absolute atomic E-state index is 14.4. The minimum absolute atomic E-state index is 0.00691. The SMILES string of the molecule is CC(C)(C)OC(=O)NC(CNc1cccc(-c2ccc(Oc3ccc(F)cc3)cc2)n1)C(=O)c1cn(C(c2ccccc2)(c2ccccc2)c2ccccc2)cn1. The number of benzene rings is 5. The van der Waals surface area contributed by atoms with Gasteiger partial charge in [-0.25, -0.2) is 19.2 Å². The van der Waals surface area contributed by atoms with Crippen LogP contribution in [0.3, 0.4) is 0 Å². The number of hydrogen-bond acceptors (Lipinski definition) is 7. The van der Waals surface area contributed by atoms with Gasteiger partial charge in [0.1, 0.15) is 46.0 Å². The van der Waals surface area contributed by atoms with E-state index in [1.807, 2.05) is 83.4 Å². The molecule has 7 rings (SSSR count). The van der Waals surface area contributed by atoms with Crippen LogP contribution in [0.5, 0.6) is 11.5 Å². The maximum atomic E-state index is 14.4. The standard InChI is InChI=1S/C47H42FN5O4/c1-46(2,3)57-45(55)52-41(30-49-43-21-13-20-40(51-43)33-22-26-38(27-23-33)56-39-28-24-37(48)25-29-39)44(54)42-31-53(32-50-42)47(34-14-7-4-8-15-34,35-16-9-5-10-17-35)36-18-11-6-12-19-36/h4-29,31-32,41H,30H2,1-3H3,(H,49,51)(H,52,55). The Balaban J connectivity index is 1.17. The van der Waals surface area contributed by atoms with Crippen LogP contribution in [0, 0.1) is 5.82 Å². The van der Waals surface area contributed by atoms with E-state index < -0.39 is 29.1 Å². The van der Waals surface area contributed by atoms with Crippen molar-refractivity contribution in [2.24, 2.45) is 0 Å². The quantitative estimate of drug-likeness (QED) is 0.0891. The van der Waals surface area contributed by atoms with Gasteiger partial charge in [-0.15, -0.1) is 0 Å². The van der Waals surface area contributed by atoms with E-state index in [0.29, 0.717) is 23.0 Å². The zero-order valence-electron chi connectivity index (χ0n) is 31.8. The molecule has 2 N–H and O–H groups in total. The van der Waals surface area contributed by atoms with Gasteiger partial charge < -0.3 is 24.7 Å². The molecular weight excluding hydrogens is 718 g/mol. The summed E-state index contributed by atoms with van der Waals surface area (Å²) in [5.74, 6) is 0.849. The molecule has 0 radical (unpaired) electrons. The molecule has 1 amide bonds. The number of alkyl carbamates (subject to hydrolysis) is 1. The molecule has 0 spiro atoms. The molecule has 0 aliphatic carbocycles. The van der Waals surface area contributed by atoms with Crippen LogP contribution in [-0.2, 0) is 10.3 Å². The van der Waals surface area contributed by atoms with Crippen molar-refractivity contribution in [3.05, 3.63) is 198 Å². The summed E-state index contributed by atoms with van der Waals surface area (Å²) >= 11 is 0. The fraction of sp³-hybridized carbons (Fsp3) is 0.149. The second kappa shape index (κ2) is 16.7. The minimum Gasteiger partial charge on any atom is -0.457 e. The number of ether oxygens (including phenoxy) is 2. The Hall–Kier alpha value is -7.07. The number of nitrogens with one attached hydrogen (secondary N) is 2. The summed E-state index contributed by atoms with van der Waals surface area (Å²) in [6, 6.07) is 47.9. The van der Waals surface area contributed by atoms with E-state index in [1.165, 1.54) is 12.1 Å². The van der Waals surface area contributed by atoms with Crippen molar-refractivity contribution in [1.29, 1.82) is 0 Å². The van der Waals surface area contributed by atoms with E-state index in [1.54, 1.807) is 63.6 Å². The minimum atomic E-state index is -1.07. The number of hydrogen-bond donors (Lipinski definition) is 2. The Kier molecular flexibility index (Phi) is 11.2. The number of aromatic nitrogens is 3. The molecule has 2 aromatic heterocycles. The number of nitrogens with zero attached hydrogens (tertiary/aromatic N) is 3. The summed E-state index contributed by atoms with van der Waals surface area (Å²) in [7, 11) is 0. The van der Waals surface area contributed by atoms with Gasteiger partial charge in [0.2, 0.25) is 5.78 Å². The third-order valence-electron chi connectivity index (χ3n) is 9.24. The largest absolute Gasteiger partial charge is 0.457 e. The van der Waals surface area contributed by atoms with Crippen LogP contribution in [0.25, 0.3) is 11.3 Å². The van der Waals surface area contributed by atoms with Crippen LogP contribution in [-0.4, -0.2) is 44.6 Å². The van der Waals surface area contributed by atoms with E-state index in [-0.39, 0.29) is 18.1 Å². The van der Waals surface area contributed by atoms with Crippen LogP contribution in [0.1, 0.15) is 48.0 Å². The molecule has 0 aliphatic heterocycles. The number of rotatable bonds is 13. The number of anilines is 1. The highest BCUT2D eigenvalue weighted by atomic mass is 19.1. The van der Waals surface area contributed by atoms with E-state index in [2.05, 4.69) is 52.0 Å². The lowest BCUT2D eigenvalue weighted by Crippen LogP contribution is -2.47. The van der Waals surface area contributed by atoms with Gasteiger partial charge in [-0.1, -0.05) is 97.1 Å². The number of amides is 1. The molecule has 57 heavy (non-hydrogen) atoms. The van der Waals surface area contributed by atoms with Crippen molar-refractivity contribution < 1.29 is 23.5 Å². The predicted molar refractivity (Wildman–Crippen MR) is 219 cm³/mol. The molecule has 1 unspecified atom stereocenters. The lowest BCUT2D eigenvalue weighted by molar-refractivity contribution is 0.0494. The summed E-state index contributed by atoms with van der Waals surface area (Å²) in [4.78, 5) is 37.0.